The van der Waals surface area contributed by atoms with Crippen molar-refractivity contribution in [3.63, 3.8) is 0 Å². The van der Waals surface area contributed by atoms with Crippen LogP contribution in [-0.4, -0.2) is 11.0 Å². The van der Waals surface area contributed by atoms with E-state index < -0.39 is 0 Å². The molecule has 1 N–H and O–H groups in total. The first kappa shape index (κ1) is 14.8. The standard InChI is InChI=1S/C16H16BrClN2O/c1-10-6-15(11(8-19-10)9-20-13-3-4-13)21-16-7-12(17)2-5-14(16)18/h2,5-8,13,20H,3-4,9H2,1H3. The smallest absolute Gasteiger partial charge is 0.147 e. The lowest BCUT2D eigenvalue weighted by atomic mass is 10.2. The molecule has 0 amide bonds. The molecule has 0 aliphatic heterocycles. The molecule has 0 radical (unpaired) electrons. The average molecular weight is 368 g/mol. The maximum Gasteiger partial charge on any atom is 0.147 e. The summed E-state index contributed by atoms with van der Waals surface area (Å²) in [5.74, 6) is 1.44. The highest BCUT2D eigenvalue weighted by Gasteiger charge is 2.21. The van der Waals surface area contributed by atoms with Gasteiger partial charge in [0.1, 0.15) is 11.5 Å². The molecule has 1 fully saturated rings. The summed E-state index contributed by atoms with van der Waals surface area (Å²) in [4.78, 5) is 4.36. The first-order valence-corrected chi connectivity index (χ1v) is 8.11. The Morgan fingerprint density at radius 2 is 2.14 bits per heavy atom. The molecular weight excluding hydrogens is 352 g/mol. The number of nitrogens with zero attached hydrogens (tertiary/aromatic N) is 1. The summed E-state index contributed by atoms with van der Waals surface area (Å²) < 4.78 is 6.95. The van der Waals surface area contributed by atoms with Crippen LogP contribution in [0.2, 0.25) is 5.02 Å². The van der Waals surface area contributed by atoms with Crippen molar-refractivity contribution in [1.82, 2.24) is 10.3 Å². The van der Waals surface area contributed by atoms with Crippen LogP contribution in [0.15, 0.2) is 34.9 Å². The minimum Gasteiger partial charge on any atom is -0.455 e. The number of nitrogens with one attached hydrogen (secondary N) is 1. The highest BCUT2D eigenvalue weighted by Crippen LogP contribution is 2.34. The minimum atomic E-state index is 0.591. The largest absolute Gasteiger partial charge is 0.455 e. The van der Waals surface area contributed by atoms with Crippen LogP contribution in [0, 0.1) is 6.92 Å². The zero-order valence-electron chi connectivity index (χ0n) is 11.7. The van der Waals surface area contributed by atoms with Crippen LogP contribution in [0.4, 0.5) is 0 Å². The SMILES string of the molecule is Cc1cc(Oc2cc(Br)ccc2Cl)c(CNC2CC2)cn1. The van der Waals surface area contributed by atoms with Crippen LogP contribution in [0.25, 0.3) is 0 Å². The molecule has 5 heteroatoms. The Morgan fingerprint density at radius 1 is 1.33 bits per heavy atom. The van der Waals surface area contributed by atoms with Crippen molar-refractivity contribution >= 4 is 27.5 Å². The van der Waals surface area contributed by atoms with E-state index in [4.69, 9.17) is 16.3 Å². The van der Waals surface area contributed by atoms with E-state index in [-0.39, 0.29) is 0 Å². The fourth-order valence-corrected chi connectivity index (χ4v) is 2.50. The quantitative estimate of drug-likeness (QED) is 0.820. The summed E-state index contributed by atoms with van der Waals surface area (Å²) in [5, 5.41) is 4.07. The number of hydrogen-bond donors (Lipinski definition) is 1. The third-order valence-corrected chi connectivity index (χ3v) is 4.16. The van der Waals surface area contributed by atoms with Crippen LogP contribution in [0.5, 0.6) is 11.5 Å². The molecule has 21 heavy (non-hydrogen) atoms. The van der Waals surface area contributed by atoms with E-state index in [0.717, 1.165) is 28.0 Å². The number of aryl methyl sites for hydroxylation is 1. The molecule has 0 saturated heterocycles. The number of pyridine rings is 1. The Bertz CT molecular complexity index is 659. The second kappa shape index (κ2) is 6.34. The third kappa shape index (κ3) is 3.96. The molecule has 0 spiro atoms. The summed E-state index contributed by atoms with van der Waals surface area (Å²) in [6.45, 7) is 2.71. The topological polar surface area (TPSA) is 34.1 Å². The van der Waals surface area contributed by atoms with Crippen molar-refractivity contribution in [2.75, 3.05) is 0 Å². The predicted molar refractivity (Wildman–Crippen MR) is 88.1 cm³/mol. The van der Waals surface area contributed by atoms with E-state index in [1.54, 1.807) is 0 Å². The number of halogens is 2. The second-order valence-corrected chi connectivity index (χ2v) is 6.59. The van der Waals surface area contributed by atoms with Crippen molar-refractivity contribution in [3.8, 4) is 11.5 Å². The molecule has 1 aliphatic carbocycles. The lowest BCUT2D eigenvalue weighted by Gasteiger charge is -2.13. The van der Waals surface area contributed by atoms with Gasteiger partial charge >= 0.3 is 0 Å². The molecule has 3 rings (SSSR count). The first-order chi connectivity index (χ1) is 10.1. The molecule has 0 unspecified atom stereocenters. The minimum absolute atomic E-state index is 0.591. The van der Waals surface area contributed by atoms with Crippen molar-refractivity contribution in [2.45, 2.75) is 32.4 Å². The second-order valence-electron chi connectivity index (χ2n) is 5.27. The summed E-state index contributed by atoms with van der Waals surface area (Å²) >= 11 is 9.64. The number of rotatable bonds is 5. The fraction of sp³-hybridized carbons (Fsp3) is 0.312. The van der Waals surface area contributed by atoms with Crippen molar-refractivity contribution in [2.24, 2.45) is 0 Å². The first-order valence-electron chi connectivity index (χ1n) is 6.93. The maximum absolute atomic E-state index is 6.20. The summed E-state index contributed by atoms with van der Waals surface area (Å²) in [6.07, 6.45) is 4.38. The summed E-state index contributed by atoms with van der Waals surface area (Å²) in [6, 6.07) is 8.17. The van der Waals surface area contributed by atoms with Gasteiger partial charge in [-0.3, -0.25) is 4.98 Å². The average Bonchev–Trinajstić information content (AvgIpc) is 3.26. The van der Waals surface area contributed by atoms with Crippen LogP contribution >= 0.6 is 27.5 Å². The van der Waals surface area contributed by atoms with Gasteiger partial charge in [0.15, 0.2) is 0 Å². The van der Waals surface area contributed by atoms with E-state index in [0.29, 0.717) is 16.8 Å². The summed E-state index contributed by atoms with van der Waals surface area (Å²) in [7, 11) is 0. The van der Waals surface area contributed by atoms with Crippen LogP contribution < -0.4 is 10.1 Å². The van der Waals surface area contributed by atoms with Crippen molar-refractivity contribution in [3.05, 3.63) is 51.2 Å². The van der Waals surface area contributed by atoms with E-state index in [1.807, 2.05) is 37.4 Å². The number of hydrogen-bond acceptors (Lipinski definition) is 3. The van der Waals surface area contributed by atoms with E-state index in [1.165, 1.54) is 12.8 Å². The molecule has 0 bridgehead atoms. The maximum atomic E-state index is 6.20. The zero-order chi connectivity index (χ0) is 14.8. The molecule has 2 aromatic rings. The van der Waals surface area contributed by atoms with Gasteiger partial charge in [0, 0.05) is 40.6 Å². The number of ether oxygens (including phenoxy) is 1. The number of benzene rings is 1. The van der Waals surface area contributed by atoms with Gasteiger partial charge in [-0.15, -0.1) is 0 Å². The third-order valence-electron chi connectivity index (χ3n) is 3.35. The number of aromatic nitrogens is 1. The van der Waals surface area contributed by atoms with Gasteiger partial charge in [0.2, 0.25) is 0 Å². The highest BCUT2D eigenvalue weighted by atomic mass is 79.9. The van der Waals surface area contributed by atoms with Gasteiger partial charge in [-0.25, -0.2) is 0 Å². The van der Waals surface area contributed by atoms with Gasteiger partial charge in [-0.2, -0.15) is 0 Å². The monoisotopic (exact) mass is 366 g/mol. The van der Waals surface area contributed by atoms with Crippen LogP contribution in [0.1, 0.15) is 24.1 Å². The lowest BCUT2D eigenvalue weighted by molar-refractivity contribution is 0.470. The van der Waals surface area contributed by atoms with Gasteiger partial charge in [-0.05, 0) is 38.0 Å². The van der Waals surface area contributed by atoms with E-state index in [9.17, 15) is 0 Å². The molecule has 3 nitrogen and oxygen atoms in total. The Labute approximate surface area is 137 Å². The molecular formula is C16H16BrClN2O. The normalized spacial score (nSPS) is 14.2. The lowest BCUT2D eigenvalue weighted by Crippen LogP contribution is -2.16. The molecule has 1 aromatic carbocycles. The van der Waals surface area contributed by atoms with Gasteiger partial charge in [-0.1, -0.05) is 27.5 Å². The fourth-order valence-electron chi connectivity index (χ4n) is 2.01. The molecule has 1 aromatic heterocycles. The molecule has 1 saturated carbocycles. The Hall–Kier alpha value is -1.10. The predicted octanol–water partition coefficient (Wildman–Crippen LogP) is 4.85. The Balaban J connectivity index is 1.85. The molecule has 110 valence electrons. The Kier molecular flexibility index (Phi) is 4.48. The van der Waals surface area contributed by atoms with Crippen molar-refractivity contribution < 1.29 is 4.74 Å². The van der Waals surface area contributed by atoms with Gasteiger partial charge in [0.05, 0.1) is 5.02 Å². The van der Waals surface area contributed by atoms with E-state index in [2.05, 4.69) is 26.2 Å². The van der Waals surface area contributed by atoms with Crippen LogP contribution in [-0.2, 0) is 6.54 Å². The van der Waals surface area contributed by atoms with E-state index >= 15 is 0 Å². The highest BCUT2D eigenvalue weighted by molar-refractivity contribution is 9.10. The Morgan fingerprint density at radius 3 is 2.90 bits per heavy atom. The zero-order valence-corrected chi connectivity index (χ0v) is 14.0. The molecule has 1 aliphatic rings. The van der Waals surface area contributed by atoms with Gasteiger partial charge in [0.25, 0.3) is 0 Å². The van der Waals surface area contributed by atoms with Gasteiger partial charge < -0.3 is 10.1 Å². The molecule has 1 heterocycles. The summed E-state index contributed by atoms with van der Waals surface area (Å²) in [5.41, 5.74) is 1.97. The van der Waals surface area contributed by atoms with Crippen LogP contribution in [0.3, 0.4) is 0 Å². The van der Waals surface area contributed by atoms with Crippen molar-refractivity contribution in [1.29, 1.82) is 0 Å². The molecule has 0 atom stereocenters.